The number of rotatable bonds is 48. The molecule has 0 saturated heterocycles. The van der Waals surface area contributed by atoms with Crippen molar-refractivity contribution in [2.45, 2.75) is 283 Å². The van der Waals surface area contributed by atoms with Crippen LogP contribution in [-0.2, 0) is 32.7 Å². The fraction of sp³-hybridized carbons (Fsp3) is 0.959. The van der Waals surface area contributed by atoms with Gasteiger partial charge in [0.2, 0.25) is 0 Å². The average Bonchev–Trinajstić information content (AvgIpc) is 3.21. The maximum absolute atomic E-state index is 12.6. The molecule has 0 radical (unpaired) electrons. The Kier molecular flexibility index (Phi) is 44.8. The normalized spacial score (nSPS) is 13.1. The number of unbranched alkanes of at least 4 members (excludes halogenated alkanes) is 37. The zero-order valence-electron chi connectivity index (χ0n) is 38.7. The minimum Gasteiger partial charge on any atom is -0.462 e. The molecule has 0 aliphatic heterocycles. The van der Waals surface area contributed by atoms with E-state index in [-0.39, 0.29) is 25.6 Å². The van der Waals surface area contributed by atoms with Crippen molar-refractivity contribution in [3.05, 3.63) is 0 Å². The van der Waals surface area contributed by atoms with Gasteiger partial charge < -0.3 is 14.4 Å². The lowest BCUT2D eigenvalue weighted by Crippen LogP contribution is -2.29. The first kappa shape index (κ1) is 57.1. The van der Waals surface area contributed by atoms with E-state index in [9.17, 15) is 19.0 Å². The van der Waals surface area contributed by atoms with E-state index < -0.39 is 19.9 Å². The van der Waals surface area contributed by atoms with Gasteiger partial charge in [0.25, 0.3) is 0 Å². The van der Waals surface area contributed by atoms with Crippen molar-refractivity contribution in [2.24, 2.45) is 0 Å². The summed E-state index contributed by atoms with van der Waals surface area (Å²) in [6.45, 7) is 3.94. The summed E-state index contributed by atoms with van der Waals surface area (Å²) in [4.78, 5) is 34.6. The minimum absolute atomic E-state index is 0.216. The quantitative estimate of drug-likeness (QED) is 0.0366. The lowest BCUT2D eigenvalue weighted by Gasteiger charge is -2.19. The van der Waals surface area contributed by atoms with Crippen molar-refractivity contribution in [1.29, 1.82) is 0 Å². The number of phosphoric acid groups is 1. The topological polar surface area (TPSA) is 108 Å². The van der Waals surface area contributed by atoms with Gasteiger partial charge in [0, 0.05) is 20.0 Å². The highest BCUT2D eigenvalue weighted by molar-refractivity contribution is 7.47. The van der Waals surface area contributed by atoms with Gasteiger partial charge in [0.1, 0.15) is 6.61 Å². The van der Waals surface area contributed by atoms with Gasteiger partial charge in [0.05, 0.1) is 6.61 Å². The minimum atomic E-state index is -4.26. The Morgan fingerprint density at radius 3 is 0.948 bits per heavy atom. The lowest BCUT2D eigenvalue weighted by molar-refractivity contribution is -0.161. The van der Waals surface area contributed by atoms with Crippen LogP contribution in [0.2, 0.25) is 0 Å². The predicted octanol–water partition coefficient (Wildman–Crippen LogP) is 16.2. The Balaban J connectivity index is 3.82. The van der Waals surface area contributed by atoms with E-state index in [1.165, 1.54) is 212 Å². The summed E-state index contributed by atoms with van der Waals surface area (Å²) in [5, 5.41) is 0. The lowest BCUT2D eigenvalue weighted by atomic mass is 10.0. The van der Waals surface area contributed by atoms with Crippen molar-refractivity contribution < 1.29 is 37.6 Å². The second-order valence-corrected chi connectivity index (χ2v) is 18.9. The summed E-state index contributed by atoms with van der Waals surface area (Å²) >= 11 is 0. The number of ether oxygens (including phenoxy) is 2. The van der Waals surface area contributed by atoms with Crippen LogP contribution in [0.1, 0.15) is 277 Å². The number of esters is 2. The highest BCUT2D eigenvalue weighted by Crippen LogP contribution is 2.42. The van der Waals surface area contributed by atoms with Gasteiger partial charge in [-0.1, -0.05) is 251 Å². The van der Waals surface area contributed by atoms with E-state index >= 15 is 0 Å². The first-order valence-electron chi connectivity index (χ1n) is 25.2. The molecular formula is C49H97O8P. The number of hydrogen-bond donors (Lipinski definition) is 1. The van der Waals surface area contributed by atoms with Crippen LogP contribution in [0.15, 0.2) is 0 Å². The van der Waals surface area contributed by atoms with Gasteiger partial charge >= 0.3 is 19.8 Å². The SMILES string of the molecule is CCCCCCCCCCCCCCCCCCCCCCCCCCC(=O)OC(COC(=O)CCCCCCCCCCCCCCCCC)COP(=O)(O)OC. The van der Waals surface area contributed by atoms with Gasteiger partial charge in [-0.15, -0.1) is 0 Å². The van der Waals surface area contributed by atoms with Crippen LogP contribution in [0.5, 0.6) is 0 Å². The van der Waals surface area contributed by atoms with Gasteiger partial charge in [-0.2, -0.15) is 0 Å². The van der Waals surface area contributed by atoms with Crippen LogP contribution in [0.3, 0.4) is 0 Å². The molecule has 1 N–H and O–H groups in total. The van der Waals surface area contributed by atoms with Gasteiger partial charge in [-0.05, 0) is 12.8 Å². The zero-order valence-corrected chi connectivity index (χ0v) is 39.6. The third kappa shape index (κ3) is 44.6. The van der Waals surface area contributed by atoms with Crippen LogP contribution in [0.4, 0.5) is 0 Å². The van der Waals surface area contributed by atoms with Crippen molar-refractivity contribution in [3.8, 4) is 0 Å². The molecular weight excluding hydrogens is 748 g/mol. The largest absolute Gasteiger partial charge is 0.472 e. The Morgan fingerprint density at radius 1 is 0.414 bits per heavy atom. The molecule has 8 nitrogen and oxygen atoms in total. The Hall–Kier alpha value is -0.950. The van der Waals surface area contributed by atoms with Crippen LogP contribution in [-0.4, -0.2) is 43.3 Å². The molecule has 0 spiro atoms. The molecule has 2 atom stereocenters. The maximum Gasteiger partial charge on any atom is 0.472 e. The molecule has 0 heterocycles. The molecule has 0 bridgehead atoms. The number of carbonyl (C=O) groups excluding carboxylic acids is 2. The Morgan fingerprint density at radius 2 is 0.672 bits per heavy atom. The second-order valence-electron chi connectivity index (χ2n) is 17.3. The summed E-state index contributed by atoms with van der Waals surface area (Å²) in [5.74, 6) is -0.782. The van der Waals surface area contributed by atoms with Crippen LogP contribution in [0.25, 0.3) is 0 Å². The van der Waals surface area contributed by atoms with Gasteiger partial charge in [-0.25, -0.2) is 4.57 Å². The van der Waals surface area contributed by atoms with Crippen molar-refractivity contribution in [2.75, 3.05) is 20.3 Å². The van der Waals surface area contributed by atoms with E-state index in [2.05, 4.69) is 18.4 Å². The van der Waals surface area contributed by atoms with Gasteiger partial charge in [0.15, 0.2) is 6.10 Å². The zero-order chi connectivity index (χ0) is 42.5. The third-order valence-corrected chi connectivity index (χ3v) is 12.5. The highest BCUT2D eigenvalue weighted by Gasteiger charge is 2.24. The highest BCUT2D eigenvalue weighted by atomic mass is 31.2. The summed E-state index contributed by atoms with van der Waals surface area (Å²) in [5.41, 5.74) is 0. The standard InChI is InChI=1S/C49H97O8P/c1-4-6-8-10-12-14-16-18-20-21-22-23-24-25-26-27-28-30-32-34-36-38-40-42-44-49(51)57-47(46-56-58(52,53)54-3)45-55-48(50)43-41-39-37-35-33-31-29-19-17-15-13-11-9-7-5-2/h47H,4-46H2,1-3H3,(H,52,53). The summed E-state index contributed by atoms with van der Waals surface area (Å²) in [6.07, 6.45) is 50.3. The van der Waals surface area contributed by atoms with E-state index in [1.807, 2.05) is 0 Å². The van der Waals surface area contributed by atoms with Crippen molar-refractivity contribution in [1.82, 2.24) is 0 Å². The van der Waals surface area contributed by atoms with E-state index in [4.69, 9.17) is 14.0 Å². The van der Waals surface area contributed by atoms with E-state index in [0.717, 1.165) is 45.6 Å². The first-order chi connectivity index (χ1) is 28.3. The molecule has 0 saturated carbocycles. The fourth-order valence-electron chi connectivity index (χ4n) is 7.72. The van der Waals surface area contributed by atoms with Crippen LogP contribution in [0, 0.1) is 0 Å². The molecule has 0 aliphatic carbocycles. The second kappa shape index (κ2) is 45.6. The van der Waals surface area contributed by atoms with Crippen LogP contribution < -0.4 is 0 Å². The number of phosphoric ester groups is 1. The fourth-order valence-corrected chi connectivity index (χ4v) is 8.18. The van der Waals surface area contributed by atoms with Gasteiger partial charge in [-0.3, -0.25) is 18.6 Å². The molecule has 0 aromatic heterocycles. The molecule has 0 aromatic rings. The summed E-state index contributed by atoms with van der Waals surface area (Å²) < 4.78 is 32.1. The molecule has 2 unspecified atom stereocenters. The number of carbonyl (C=O) groups is 2. The van der Waals surface area contributed by atoms with Crippen LogP contribution >= 0.6 is 7.82 Å². The Bertz CT molecular complexity index is 915. The van der Waals surface area contributed by atoms with E-state index in [1.54, 1.807) is 0 Å². The smallest absolute Gasteiger partial charge is 0.462 e. The summed E-state index contributed by atoms with van der Waals surface area (Å²) in [6, 6.07) is 0. The number of hydrogen-bond acceptors (Lipinski definition) is 7. The first-order valence-corrected chi connectivity index (χ1v) is 26.7. The van der Waals surface area contributed by atoms with Crippen molar-refractivity contribution >= 4 is 19.8 Å². The van der Waals surface area contributed by atoms with Crippen molar-refractivity contribution in [3.63, 3.8) is 0 Å². The molecule has 0 amide bonds. The molecule has 9 heteroatoms. The molecule has 346 valence electrons. The molecule has 0 fully saturated rings. The van der Waals surface area contributed by atoms with E-state index in [0.29, 0.717) is 6.42 Å². The molecule has 0 aliphatic rings. The molecule has 0 rings (SSSR count). The average molecular weight is 845 g/mol. The molecule has 0 aromatic carbocycles. The maximum atomic E-state index is 12.6. The Labute approximate surface area is 359 Å². The molecule has 58 heavy (non-hydrogen) atoms. The predicted molar refractivity (Wildman–Crippen MR) is 244 cm³/mol. The monoisotopic (exact) mass is 845 g/mol. The summed E-state index contributed by atoms with van der Waals surface area (Å²) in [7, 11) is -3.19. The third-order valence-electron chi connectivity index (χ3n) is 11.6.